The van der Waals surface area contributed by atoms with E-state index < -0.39 is 88.4 Å². The summed E-state index contributed by atoms with van der Waals surface area (Å²) in [5.74, 6) is -0.347. The second kappa shape index (κ2) is 11.2. The summed E-state index contributed by atoms with van der Waals surface area (Å²) in [6.07, 6.45) is -11.4. The topological polar surface area (TPSA) is 334 Å². The molecule has 0 saturated carbocycles. The van der Waals surface area contributed by atoms with Crippen molar-refractivity contribution in [2.75, 3.05) is 24.7 Å². The van der Waals surface area contributed by atoms with Crippen molar-refractivity contribution < 1.29 is 56.7 Å². The minimum Gasteiger partial charge on any atom is -0.387 e. The van der Waals surface area contributed by atoms with E-state index in [2.05, 4.69) is 24.9 Å². The molecule has 3 fully saturated rings. The molecule has 10 atom stereocenters. The largest absolute Gasteiger partial charge is 0.472 e. The Morgan fingerprint density at radius 3 is 2.17 bits per heavy atom. The summed E-state index contributed by atoms with van der Waals surface area (Å²) >= 11 is 0.628. The van der Waals surface area contributed by atoms with Gasteiger partial charge in [0.1, 0.15) is 53.5 Å². The predicted molar refractivity (Wildman–Crippen MR) is 150 cm³/mol. The highest BCUT2D eigenvalue weighted by atomic mass is 32.1. The number of phosphoric ester groups is 2. The normalized spacial score (nSPS) is 37.1. The van der Waals surface area contributed by atoms with E-state index in [0.29, 0.717) is 11.3 Å². The zero-order chi connectivity index (χ0) is 32.7. The third-order valence-corrected chi connectivity index (χ3v) is 10.3. The lowest BCUT2D eigenvalue weighted by molar-refractivity contribution is -0.0679. The van der Waals surface area contributed by atoms with Gasteiger partial charge in [0.15, 0.2) is 29.3 Å². The van der Waals surface area contributed by atoms with E-state index in [1.165, 1.54) is 0 Å². The van der Waals surface area contributed by atoms with Gasteiger partial charge in [-0.25, -0.2) is 24.1 Å². The molecule has 4 aromatic heterocycles. The summed E-state index contributed by atoms with van der Waals surface area (Å²) < 4.78 is 60.8. The molecule has 4 aromatic rings. The zero-order valence-corrected chi connectivity index (χ0v) is 25.3. The second-order valence-electron chi connectivity index (χ2n) is 10.2. The van der Waals surface area contributed by atoms with Crippen molar-refractivity contribution in [3.63, 3.8) is 0 Å². The number of nitrogens with zero attached hydrogens (tertiary/aromatic N) is 6. The lowest BCUT2D eigenvalue weighted by Gasteiger charge is -2.26. The van der Waals surface area contributed by atoms with Gasteiger partial charge in [0, 0.05) is 0 Å². The van der Waals surface area contributed by atoms with Crippen LogP contribution in [0, 0.1) is 0 Å². The van der Waals surface area contributed by atoms with Gasteiger partial charge in [0.25, 0.3) is 5.56 Å². The van der Waals surface area contributed by atoms with Gasteiger partial charge in [-0.3, -0.25) is 41.8 Å². The average Bonchev–Trinajstić information content (AvgIpc) is 3.70. The molecule has 0 spiro atoms. The molecule has 23 nitrogen and oxygen atoms in total. The van der Waals surface area contributed by atoms with Gasteiger partial charge in [-0.1, -0.05) is 11.3 Å². The molecule has 0 aliphatic carbocycles. The Hall–Kier alpha value is -3.22. The number of H-pyrrole nitrogens is 1. The molecule has 46 heavy (non-hydrogen) atoms. The van der Waals surface area contributed by atoms with Gasteiger partial charge >= 0.3 is 20.5 Å². The van der Waals surface area contributed by atoms with Crippen LogP contribution in [0.25, 0.3) is 21.5 Å². The highest BCUT2D eigenvalue weighted by molar-refractivity contribution is 7.47. The number of anilines is 2. The van der Waals surface area contributed by atoms with E-state index in [9.17, 15) is 38.7 Å². The molecule has 0 aromatic carbocycles. The van der Waals surface area contributed by atoms with E-state index in [1.54, 1.807) is 0 Å². The van der Waals surface area contributed by atoms with Crippen molar-refractivity contribution in [1.82, 2.24) is 34.1 Å². The van der Waals surface area contributed by atoms with Crippen LogP contribution in [-0.2, 0) is 36.7 Å². The van der Waals surface area contributed by atoms with Crippen molar-refractivity contribution in [3.05, 3.63) is 32.7 Å². The number of nitrogens with one attached hydrogen (secondary N) is 1. The van der Waals surface area contributed by atoms with Crippen LogP contribution < -0.4 is 21.9 Å². The molecule has 3 aliphatic heterocycles. The molecule has 7 heterocycles. The molecule has 3 aliphatic rings. The Balaban J connectivity index is 1.24. The monoisotopic (exact) mass is 707 g/mol. The number of phosphoric acid groups is 2. The highest BCUT2D eigenvalue weighted by Crippen LogP contribution is 2.53. The molecule has 4 bridgehead atoms. The van der Waals surface area contributed by atoms with E-state index in [-0.39, 0.29) is 33.3 Å². The fraction of sp³-hybridized carbons (Fsp3) is 0.500. The number of aromatic nitrogens is 7. The summed E-state index contributed by atoms with van der Waals surface area (Å²) in [7, 11) is -10.3. The zero-order valence-electron chi connectivity index (χ0n) is 22.7. The quantitative estimate of drug-likeness (QED) is 0.108. The fourth-order valence-corrected chi connectivity index (χ4v) is 8.03. The van der Waals surface area contributed by atoms with Crippen LogP contribution in [0.4, 0.5) is 11.8 Å². The van der Waals surface area contributed by atoms with Crippen LogP contribution in [0.5, 0.6) is 0 Å². The summed E-state index contributed by atoms with van der Waals surface area (Å²) in [5.41, 5.74) is 10.4. The fourth-order valence-electron chi connectivity index (χ4n) is 5.30. The maximum atomic E-state index is 13.2. The van der Waals surface area contributed by atoms with Gasteiger partial charge in [-0.15, -0.1) is 0 Å². The lowest BCUT2D eigenvalue weighted by atomic mass is 10.1. The second-order valence-corrected chi connectivity index (χ2v) is 14.0. The molecular formula is C20H23N9O14P2S. The number of aromatic amines is 1. The molecule has 2 unspecified atom stereocenters. The van der Waals surface area contributed by atoms with E-state index in [4.69, 9.17) is 39.0 Å². The summed E-state index contributed by atoms with van der Waals surface area (Å²) in [6.45, 7) is -1.78. The van der Waals surface area contributed by atoms with Gasteiger partial charge in [-0.2, -0.15) is 4.98 Å². The smallest absolute Gasteiger partial charge is 0.387 e. The molecule has 0 radical (unpaired) electrons. The number of aliphatic hydroxyl groups is 2. The highest BCUT2D eigenvalue weighted by Gasteiger charge is 2.54. The number of imidazole rings is 1. The van der Waals surface area contributed by atoms with Crippen molar-refractivity contribution >= 4 is 60.3 Å². The van der Waals surface area contributed by atoms with Crippen LogP contribution in [0.2, 0.25) is 0 Å². The van der Waals surface area contributed by atoms with Crippen LogP contribution in [0.15, 0.2) is 22.2 Å². The van der Waals surface area contributed by atoms with Crippen molar-refractivity contribution in [2.24, 2.45) is 0 Å². The Morgan fingerprint density at radius 2 is 1.52 bits per heavy atom. The van der Waals surface area contributed by atoms with E-state index in [0.717, 1.165) is 21.8 Å². The average molecular weight is 707 g/mol. The number of hydrogen-bond acceptors (Lipinski definition) is 19. The Morgan fingerprint density at radius 1 is 0.913 bits per heavy atom. The first-order valence-corrected chi connectivity index (χ1v) is 16.9. The molecule has 3 saturated heterocycles. The number of fused-ring (bicyclic) bond motifs is 6. The van der Waals surface area contributed by atoms with Crippen molar-refractivity contribution in [1.29, 1.82) is 0 Å². The van der Waals surface area contributed by atoms with Gasteiger partial charge in [0.05, 0.1) is 19.5 Å². The lowest BCUT2D eigenvalue weighted by Crippen LogP contribution is -2.38. The first-order valence-electron chi connectivity index (χ1n) is 13.1. The maximum absolute atomic E-state index is 13.2. The minimum atomic E-state index is -5.17. The van der Waals surface area contributed by atoms with E-state index >= 15 is 0 Å². The number of aliphatic hydroxyl groups excluding tert-OH is 2. The molecule has 248 valence electrons. The third-order valence-electron chi connectivity index (χ3n) is 7.35. The predicted octanol–water partition coefficient (Wildman–Crippen LogP) is -2.31. The van der Waals surface area contributed by atoms with Crippen LogP contribution in [0.1, 0.15) is 12.5 Å². The number of nitrogen functional groups attached to an aromatic ring is 2. The first kappa shape index (κ1) is 31.4. The van der Waals surface area contributed by atoms with Gasteiger partial charge in [-0.05, 0) is 0 Å². The van der Waals surface area contributed by atoms with Crippen LogP contribution in [0.3, 0.4) is 0 Å². The number of rotatable bonds is 2. The SMILES string of the molecule is Nc1nc2c(ncn2[C@@H]2O[C@@H]3COP(=O)(O)O[C@@H]4[C@H](O)[C@@H](COP(=O)(O)O[C@@H]2[C@@H]3O)O[C@H]4n2c(=O)sc3c(N)ncnc32)c(=O)[nH]1. The molecule has 0 amide bonds. The molecule has 9 N–H and O–H groups in total. The Kier molecular flexibility index (Phi) is 7.64. The number of nitrogens with two attached hydrogens (primary N) is 2. The standard InChI is InChI=1S/C20H23N9O14P2S/c21-13-12-15(24-3-23-13)29(20(33)46-12)18-11-9(31)6(41-18)2-39-44(34,35)42-10-8(30)5(1-38-45(36,37)43-11)40-17(10)28-4-25-7-14(28)26-19(22)27-16(7)32/h3-6,8-11,17-18,30-31H,1-2H2,(H,34,35)(H,36,37)(H2,21,23,24)(H3,22,26,27,32)/t5-,6-,8-,9-,10-,11-,17-,18-/m1/s1. The minimum absolute atomic E-state index is 0.0451. The van der Waals surface area contributed by atoms with E-state index in [1.807, 2.05) is 0 Å². The number of hydrogen-bond donors (Lipinski definition) is 7. The molecule has 26 heteroatoms. The van der Waals surface area contributed by atoms with Crippen LogP contribution in [-0.4, -0.2) is 104 Å². The third kappa shape index (κ3) is 5.35. The van der Waals surface area contributed by atoms with Crippen molar-refractivity contribution in [2.45, 2.75) is 49.1 Å². The van der Waals surface area contributed by atoms with Crippen LogP contribution >= 0.6 is 27.0 Å². The Bertz CT molecular complexity index is 2050. The molecule has 7 rings (SSSR count). The number of ether oxygens (including phenoxy) is 2. The maximum Gasteiger partial charge on any atom is 0.472 e. The van der Waals surface area contributed by atoms with Gasteiger partial charge < -0.3 is 40.9 Å². The summed E-state index contributed by atoms with van der Waals surface area (Å²) in [5, 5.41) is 22.1. The Labute approximate surface area is 257 Å². The van der Waals surface area contributed by atoms with Crippen molar-refractivity contribution in [3.8, 4) is 0 Å². The summed E-state index contributed by atoms with van der Waals surface area (Å²) in [6, 6.07) is 0. The first-order chi connectivity index (χ1) is 21.7. The molecular weight excluding hydrogens is 684 g/mol. The summed E-state index contributed by atoms with van der Waals surface area (Å²) in [4.78, 5) is 63.9. The van der Waals surface area contributed by atoms with Gasteiger partial charge in [0.2, 0.25) is 5.95 Å². The number of thiazole rings is 1.